The summed E-state index contributed by atoms with van der Waals surface area (Å²) in [7, 11) is 0. The Morgan fingerprint density at radius 3 is 2.79 bits per heavy atom. The highest BCUT2D eigenvalue weighted by Crippen LogP contribution is 2.06. The minimum absolute atomic E-state index is 0.0611. The first-order valence-electron chi connectivity index (χ1n) is 4.80. The Kier molecular flexibility index (Phi) is 3.60. The zero-order valence-electron chi connectivity index (χ0n) is 8.94. The number of hydrogen-bond donors (Lipinski definition) is 2. The van der Waals surface area contributed by atoms with Crippen molar-refractivity contribution in [3.05, 3.63) is 12.4 Å². The molecular weight excluding hydrogens is 180 g/mol. The topological polar surface area (TPSA) is 63.0 Å². The Hall–Kier alpha value is -0.940. The van der Waals surface area contributed by atoms with Crippen LogP contribution in [0.2, 0.25) is 0 Å². The maximum absolute atomic E-state index is 9.65. The van der Waals surface area contributed by atoms with Gasteiger partial charge in [-0.15, -0.1) is 5.10 Å². The average Bonchev–Trinajstić information content (AvgIpc) is 2.55. The van der Waals surface area contributed by atoms with Crippen LogP contribution in [0.3, 0.4) is 0 Å². The van der Waals surface area contributed by atoms with E-state index in [0.29, 0.717) is 0 Å². The standard InChI is InChI=1S/C9H18N4O/c1-8(9(2,3)14)10-4-6-13-7-5-11-12-13/h5,7-8,10,14H,4,6H2,1-3H3. The first kappa shape index (κ1) is 11.1. The van der Waals surface area contributed by atoms with Gasteiger partial charge in [-0.25, -0.2) is 0 Å². The van der Waals surface area contributed by atoms with E-state index in [4.69, 9.17) is 0 Å². The smallest absolute Gasteiger partial charge is 0.0741 e. The third kappa shape index (κ3) is 3.43. The molecule has 0 saturated carbocycles. The van der Waals surface area contributed by atoms with Gasteiger partial charge in [0.15, 0.2) is 0 Å². The summed E-state index contributed by atoms with van der Waals surface area (Å²) in [4.78, 5) is 0. The van der Waals surface area contributed by atoms with Gasteiger partial charge in [0.2, 0.25) is 0 Å². The van der Waals surface area contributed by atoms with E-state index in [0.717, 1.165) is 13.1 Å². The molecule has 5 nitrogen and oxygen atoms in total. The van der Waals surface area contributed by atoms with Crippen molar-refractivity contribution in [1.82, 2.24) is 20.3 Å². The number of nitrogens with zero attached hydrogens (tertiary/aromatic N) is 3. The average molecular weight is 198 g/mol. The molecule has 2 N–H and O–H groups in total. The van der Waals surface area contributed by atoms with Crippen molar-refractivity contribution in [2.45, 2.75) is 39.0 Å². The Morgan fingerprint density at radius 1 is 1.57 bits per heavy atom. The van der Waals surface area contributed by atoms with Gasteiger partial charge in [-0.2, -0.15) is 0 Å². The lowest BCUT2D eigenvalue weighted by molar-refractivity contribution is 0.0440. The van der Waals surface area contributed by atoms with Crippen molar-refractivity contribution in [1.29, 1.82) is 0 Å². The molecule has 1 unspecified atom stereocenters. The second kappa shape index (κ2) is 4.52. The fourth-order valence-electron chi connectivity index (χ4n) is 0.997. The van der Waals surface area contributed by atoms with Crippen LogP contribution in [0.4, 0.5) is 0 Å². The molecule has 80 valence electrons. The third-order valence-corrected chi connectivity index (χ3v) is 2.32. The van der Waals surface area contributed by atoms with E-state index in [1.54, 1.807) is 24.7 Å². The monoisotopic (exact) mass is 198 g/mol. The summed E-state index contributed by atoms with van der Waals surface area (Å²) in [6, 6.07) is 0.0611. The van der Waals surface area contributed by atoms with E-state index in [1.807, 2.05) is 13.1 Å². The molecule has 1 atom stereocenters. The number of rotatable bonds is 5. The molecule has 0 amide bonds. The van der Waals surface area contributed by atoms with Crippen LogP contribution in [0.5, 0.6) is 0 Å². The van der Waals surface area contributed by atoms with Gasteiger partial charge in [-0.1, -0.05) is 5.21 Å². The van der Waals surface area contributed by atoms with Crippen LogP contribution >= 0.6 is 0 Å². The lowest BCUT2D eigenvalue weighted by Gasteiger charge is -2.26. The zero-order valence-corrected chi connectivity index (χ0v) is 8.94. The largest absolute Gasteiger partial charge is 0.389 e. The summed E-state index contributed by atoms with van der Waals surface area (Å²) in [5.41, 5.74) is -0.692. The lowest BCUT2D eigenvalue weighted by atomic mass is 10.0. The third-order valence-electron chi connectivity index (χ3n) is 2.32. The number of aliphatic hydroxyl groups is 1. The van der Waals surface area contributed by atoms with Crippen LogP contribution < -0.4 is 5.32 Å². The predicted molar refractivity (Wildman–Crippen MR) is 53.8 cm³/mol. The highest BCUT2D eigenvalue weighted by atomic mass is 16.3. The maximum atomic E-state index is 9.65. The van der Waals surface area contributed by atoms with Crippen molar-refractivity contribution < 1.29 is 5.11 Å². The minimum Gasteiger partial charge on any atom is -0.389 e. The lowest BCUT2D eigenvalue weighted by Crippen LogP contribution is -2.45. The Morgan fingerprint density at radius 2 is 2.29 bits per heavy atom. The van der Waals surface area contributed by atoms with E-state index in [-0.39, 0.29) is 6.04 Å². The molecule has 14 heavy (non-hydrogen) atoms. The fraction of sp³-hybridized carbons (Fsp3) is 0.778. The van der Waals surface area contributed by atoms with E-state index in [1.165, 1.54) is 0 Å². The second-order valence-corrected chi connectivity index (χ2v) is 4.00. The molecule has 0 fully saturated rings. The van der Waals surface area contributed by atoms with E-state index in [2.05, 4.69) is 15.6 Å². The molecule has 0 radical (unpaired) electrons. The number of hydrogen-bond acceptors (Lipinski definition) is 4. The molecule has 0 spiro atoms. The van der Waals surface area contributed by atoms with Crippen LogP contribution in [-0.2, 0) is 6.54 Å². The number of aromatic nitrogens is 3. The van der Waals surface area contributed by atoms with Crippen molar-refractivity contribution in [2.24, 2.45) is 0 Å². The Labute approximate surface area is 84.1 Å². The van der Waals surface area contributed by atoms with Crippen molar-refractivity contribution in [3.8, 4) is 0 Å². The van der Waals surface area contributed by atoms with Gasteiger partial charge in [-0.3, -0.25) is 4.68 Å². The second-order valence-electron chi connectivity index (χ2n) is 4.00. The molecule has 1 heterocycles. The van der Waals surface area contributed by atoms with E-state index < -0.39 is 5.60 Å². The Balaban J connectivity index is 2.22. The molecule has 0 aliphatic rings. The first-order chi connectivity index (χ1) is 6.50. The molecule has 5 heteroatoms. The summed E-state index contributed by atoms with van der Waals surface area (Å²) in [6.45, 7) is 7.08. The van der Waals surface area contributed by atoms with Crippen molar-refractivity contribution >= 4 is 0 Å². The van der Waals surface area contributed by atoms with Gasteiger partial charge >= 0.3 is 0 Å². The van der Waals surface area contributed by atoms with Gasteiger partial charge in [0, 0.05) is 18.8 Å². The van der Waals surface area contributed by atoms with Gasteiger partial charge in [0.1, 0.15) is 0 Å². The normalized spacial score (nSPS) is 14.3. The van der Waals surface area contributed by atoms with Crippen LogP contribution in [-0.4, -0.2) is 38.3 Å². The summed E-state index contributed by atoms with van der Waals surface area (Å²) in [5.74, 6) is 0. The van der Waals surface area contributed by atoms with Crippen LogP contribution in [0, 0.1) is 0 Å². The summed E-state index contributed by atoms with van der Waals surface area (Å²) in [6.07, 6.45) is 3.47. The van der Waals surface area contributed by atoms with Crippen molar-refractivity contribution in [2.75, 3.05) is 6.54 Å². The summed E-state index contributed by atoms with van der Waals surface area (Å²) in [5, 5.41) is 20.4. The predicted octanol–water partition coefficient (Wildman–Crippen LogP) is 0.0271. The van der Waals surface area contributed by atoms with Gasteiger partial charge < -0.3 is 10.4 Å². The highest BCUT2D eigenvalue weighted by Gasteiger charge is 2.20. The van der Waals surface area contributed by atoms with Gasteiger partial charge in [0.25, 0.3) is 0 Å². The van der Waals surface area contributed by atoms with E-state index in [9.17, 15) is 5.11 Å². The van der Waals surface area contributed by atoms with Gasteiger partial charge in [-0.05, 0) is 20.8 Å². The zero-order chi connectivity index (χ0) is 10.6. The Bertz CT molecular complexity index is 252. The minimum atomic E-state index is -0.692. The summed E-state index contributed by atoms with van der Waals surface area (Å²) >= 11 is 0. The molecule has 1 rings (SSSR count). The highest BCUT2D eigenvalue weighted by molar-refractivity contribution is 4.79. The van der Waals surface area contributed by atoms with Crippen LogP contribution in [0.25, 0.3) is 0 Å². The first-order valence-corrected chi connectivity index (χ1v) is 4.80. The molecule has 0 aliphatic heterocycles. The molecular formula is C9H18N4O. The maximum Gasteiger partial charge on any atom is 0.0741 e. The van der Waals surface area contributed by atoms with Gasteiger partial charge in [0.05, 0.1) is 18.3 Å². The fourth-order valence-corrected chi connectivity index (χ4v) is 0.997. The van der Waals surface area contributed by atoms with Crippen molar-refractivity contribution in [3.63, 3.8) is 0 Å². The molecule has 0 aromatic carbocycles. The van der Waals surface area contributed by atoms with Crippen LogP contribution in [0.15, 0.2) is 12.4 Å². The molecule has 1 aromatic rings. The summed E-state index contributed by atoms with van der Waals surface area (Å²) < 4.78 is 1.75. The molecule has 1 aromatic heterocycles. The molecule has 0 saturated heterocycles. The quantitative estimate of drug-likeness (QED) is 0.700. The number of nitrogens with one attached hydrogen (secondary N) is 1. The molecule has 0 aliphatic carbocycles. The van der Waals surface area contributed by atoms with E-state index >= 15 is 0 Å². The SMILES string of the molecule is CC(NCCn1ccnn1)C(C)(C)O. The van der Waals surface area contributed by atoms with Crippen LogP contribution in [0.1, 0.15) is 20.8 Å². The molecule has 0 bridgehead atoms.